The average molecular weight is 462 g/mol. The molecule has 0 aliphatic carbocycles. The monoisotopic (exact) mass is 461 g/mol. The molecule has 0 saturated carbocycles. The van der Waals surface area contributed by atoms with E-state index in [9.17, 15) is 9.59 Å². The number of para-hydroxylation sites is 1. The van der Waals surface area contributed by atoms with Gasteiger partial charge < -0.3 is 4.90 Å². The molecule has 1 amide bonds. The van der Waals surface area contributed by atoms with Crippen LogP contribution in [0, 0.1) is 0 Å². The summed E-state index contributed by atoms with van der Waals surface area (Å²) in [7, 11) is 0. The third kappa shape index (κ3) is 4.23. The van der Waals surface area contributed by atoms with Crippen LogP contribution in [0.1, 0.15) is 19.3 Å². The zero-order chi connectivity index (χ0) is 21.9. The van der Waals surface area contributed by atoms with Crippen molar-refractivity contribution >= 4 is 39.2 Å². The van der Waals surface area contributed by atoms with Crippen molar-refractivity contribution in [3.63, 3.8) is 0 Å². The van der Waals surface area contributed by atoms with Gasteiger partial charge in [0.1, 0.15) is 4.83 Å². The average Bonchev–Trinajstić information content (AvgIpc) is 3.29. The molecule has 0 bridgehead atoms. The van der Waals surface area contributed by atoms with E-state index in [4.69, 9.17) is 4.98 Å². The molecule has 7 heteroatoms. The van der Waals surface area contributed by atoms with Gasteiger partial charge in [0.05, 0.1) is 16.8 Å². The van der Waals surface area contributed by atoms with E-state index in [0.717, 1.165) is 42.1 Å². The third-order valence-electron chi connectivity index (χ3n) is 5.64. The van der Waals surface area contributed by atoms with Crippen LogP contribution >= 0.6 is 23.1 Å². The van der Waals surface area contributed by atoms with Crippen molar-refractivity contribution < 1.29 is 4.79 Å². The van der Waals surface area contributed by atoms with Crippen molar-refractivity contribution in [2.45, 2.75) is 24.4 Å². The fourth-order valence-electron chi connectivity index (χ4n) is 3.97. The van der Waals surface area contributed by atoms with Crippen LogP contribution in [0.25, 0.3) is 26.3 Å². The molecule has 32 heavy (non-hydrogen) atoms. The van der Waals surface area contributed by atoms with Gasteiger partial charge in [-0.1, -0.05) is 60.3 Å². The number of carbonyl (C=O) groups is 1. The second-order valence-electron chi connectivity index (χ2n) is 7.80. The Morgan fingerprint density at radius 1 is 0.969 bits per heavy atom. The summed E-state index contributed by atoms with van der Waals surface area (Å²) in [6.45, 7) is 1.64. The Hall–Kier alpha value is -2.90. The van der Waals surface area contributed by atoms with Gasteiger partial charge in [0.15, 0.2) is 5.16 Å². The predicted molar refractivity (Wildman–Crippen MR) is 132 cm³/mol. The molecule has 1 saturated heterocycles. The molecule has 1 fully saturated rings. The van der Waals surface area contributed by atoms with E-state index in [0.29, 0.717) is 15.4 Å². The number of carbonyl (C=O) groups excluding carboxylic acids is 1. The van der Waals surface area contributed by atoms with Crippen molar-refractivity contribution in [1.29, 1.82) is 0 Å². The summed E-state index contributed by atoms with van der Waals surface area (Å²) in [6, 6.07) is 21.5. The number of thiophene rings is 1. The maximum absolute atomic E-state index is 13.6. The van der Waals surface area contributed by atoms with Crippen molar-refractivity contribution in [1.82, 2.24) is 14.5 Å². The van der Waals surface area contributed by atoms with Gasteiger partial charge in [-0.15, -0.1) is 11.3 Å². The molecule has 0 spiro atoms. The van der Waals surface area contributed by atoms with Gasteiger partial charge in [-0.25, -0.2) is 4.98 Å². The van der Waals surface area contributed by atoms with E-state index < -0.39 is 0 Å². The highest BCUT2D eigenvalue weighted by Crippen LogP contribution is 2.32. The molecule has 162 valence electrons. The summed E-state index contributed by atoms with van der Waals surface area (Å²) >= 11 is 2.86. The summed E-state index contributed by atoms with van der Waals surface area (Å²) in [5.41, 5.74) is 1.72. The van der Waals surface area contributed by atoms with Crippen molar-refractivity contribution in [3.8, 4) is 16.1 Å². The number of fused-ring (bicyclic) bond motifs is 1. The number of hydrogen-bond acceptors (Lipinski definition) is 5. The van der Waals surface area contributed by atoms with E-state index >= 15 is 0 Å². The summed E-state index contributed by atoms with van der Waals surface area (Å²) in [4.78, 5) is 34.8. The second-order valence-corrected chi connectivity index (χ2v) is 9.77. The molecule has 0 N–H and O–H groups in total. The summed E-state index contributed by atoms with van der Waals surface area (Å²) in [5, 5.41) is 1.16. The highest BCUT2D eigenvalue weighted by atomic mass is 32.2. The second kappa shape index (κ2) is 9.30. The number of thioether (sulfide) groups is 1. The van der Waals surface area contributed by atoms with Crippen LogP contribution in [0.5, 0.6) is 0 Å². The molecule has 0 unspecified atom stereocenters. The van der Waals surface area contributed by atoms with E-state index in [-0.39, 0.29) is 17.2 Å². The number of amides is 1. The molecule has 0 radical (unpaired) electrons. The Bertz CT molecular complexity index is 1290. The summed E-state index contributed by atoms with van der Waals surface area (Å²) in [5.74, 6) is 0.390. The summed E-state index contributed by atoms with van der Waals surface area (Å²) < 4.78 is 1.64. The normalized spacial score (nSPS) is 14.1. The standard InChI is InChI=1S/C25H23N3O2S2/c29-22(27-14-8-3-9-15-27)17-31-25-26-23-20(16-21(32-23)18-10-4-1-5-11-18)24(30)28(25)19-12-6-2-7-13-19/h1-2,4-7,10-13,16H,3,8-9,14-15,17H2. The third-order valence-corrected chi connectivity index (χ3v) is 7.64. The van der Waals surface area contributed by atoms with Crippen LogP contribution < -0.4 is 5.56 Å². The van der Waals surface area contributed by atoms with Crippen molar-refractivity contribution in [3.05, 3.63) is 77.1 Å². The molecular formula is C25H23N3O2S2. The molecule has 2 aromatic heterocycles. The minimum absolute atomic E-state index is 0.104. The lowest BCUT2D eigenvalue weighted by atomic mass is 10.1. The zero-order valence-corrected chi connectivity index (χ0v) is 19.2. The Labute approximate surface area is 194 Å². The largest absolute Gasteiger partial charge is 0.342 e. The fourth-order valence-corrected chi connectivity index (χ4v) is 5.96. The van der Waals surface area contributed by atoms with Crippen molar-refractivity contribution in [2.75, 3.05) is 18.8 Å². The maximum Gasteiger partial charge on any atom is 0.267 e. The quantitative estimate of drug-likeness (QED) is 0.302. The lowest BCUT2D eigenvalue weighted by molar-refractivity contribution is -0.129. The SMILES string of the molecule is O=C(CSc1nc2sc(-c3ccccc3)cc2c(=O)n1-c1ccccc1)N1CCCCC1. The van der Waals surface area contributed by atoms with Gasteiger partial charge in [-0.2, -0.15) is 0 Å². The van der Waals surface area contributed by atoms with Gasteiger partial charge >= 0.3 is 0 Å². The first-order valence-corrected chi connectivity index (χ1v) is 12.6. The van der Waals surface area contributed by atoms with Gasteiger partial charge in [0, 0.05) is 18.0 Å². The Morgan fingerprint density at radius 2 is 1.66 bits per heavy atom. The Balaban J connectivity index is 1.55. The number of rotatable bonds is 5. The number of nitrogens with zero attached hydrogens (tertiary/aromatic N) is 3. The number of likely N-dealkylation sites (tertiary alicyclic amines) is 1. The van der Waals surface area contributed by atoms with Crippen LogP contribution in [0.2, 0.25) is 0 Å². The molecule has 5 nitrogen and oxygen atoms in total. The minimum Gasteiger partial charge on any atom is -0.342 e. The van der Waals surface area contributed by atoms with Gasteiger partial charge in [-0.3, -0.25) is 14.2 Å². The fraction of sp³-hybridized carbons (Fsp3) is 0.240. The van der Waals surface area contributed by atoms with E-state index in [1.165, 1.54) is 29.5 Å². The lowest BCUT2D eigenvalue weighted by Gasteiger charge is -2.26. The van der Waals surface area contributed by atoms with Gasteiger partial charge in [-0.05, 0) is 43.0 Å². The summed E-state index contributed by atoms with van der Waals surface area (Å²) in [6.07, 6.45) is 3.31. The van der Waals surface area contributed by atoms with Crippen molar-refractivity contribution in [2.24, 2.45) is 0 Å². The first-order valence-electron chi connectivity index (χ1n) is 10.8. The van der Waals surface area contributed by atoms with Gasteiger partial charge in [0.2, 0.25) is 5.91 Å². The van der Waals surface area contributed by atoms with Crippen LogP contribution in [0.3, 0.4) is 0 Å². The topological polar surface area (TPSA) is 55.2 Å². The molecule has 0 atom stereocenters. The molecule has 5 rings (SSSR count). The molecule has 4 aromatic rings. The van der Waals surface area contributed by atoms with Gasteiger partial charge in [0.25, 0.3) is 5.56 Å². The van der Waals surface area contributed by atoms with E-state index in [1.54, 1.807) is 4.57 Å². The molecule has 1 aliphatic heterocycles. The first kappa shape index (κ1) is 21.0. The molecular weight excluding hydrogens is 438 g/mol. The van der Waals surface area contributed by atoms with Crippen LogP contribution in [-0.4, -0.2) is 39.2 Å². The predicted octanol–water partition coefficient (Wildman–Crippen LogP) is 5.22. The first-order chi connectivity index (χ1) is 15.7. The van der Waals surface area contributed by atoms with Crippen LogP contribution in [-0.2, 0) is 4.79 Å². The lowest BCUT2D eigenvalue weighted by Crippen LogP contribution is -2.36. The number of benzene rings is 2. The van der Waals surface area contributed by atoms with Crippen LogP contribution in [0.4, 0.5) is 0 Å². The van der Waals surface area contributed by atoms with Crippen LogP contribution in [0.15, 0.2) is 76.7 Å². The van der Waals surface area contributed by atoms with E-state index in [2.05, 4.69) is 0 Å². The Morgan fingerprint density at radius 3 is 2.38 bits per heavy atom. The maximum atomic E-state index is 13.6. The number of aromatic nitrogens is 2. The number of hydrogen-bond donors (Lipinski definition) is 0. The zero-order valence-electron chi connectivity index (χ0n) is 17.6. The molecule has 2 aromatic carbocycles. The number of piperidine rings is 1. The van der Waals surface area contributed by atoms with E-state index in [1.807, 2.05) is 71.6 Å². The molecule has 3 heterocycles. The smallest absolute Gasteiger partial charge is 0.267 e. The Kier molecular flexibility index (Phi) is 6.10. The highest BCUT2D eigenvalue weighted by Gasteiger charge is 2.20. The highest BCUT2D eigenvalue weighted by molar-refractivity contribution is 7.99. The minimum atomic E-state index is -0.104. The molecule has 1 aliphatic rings.